The lowest BCUT2D eigenvalue weighted by molar-refractivity contribution is 0.0718. The molecule has 0 radical (unpaired) electrons. The summed E-state index contributed by atoms with van der Waals surface area (Å²) in [5, 5.41) is 20.0. The molecule has 136 valence electrons. The molecule has 4 rings (SSSR count). The van der Waals surface area contributed by atoms with Crippen LogP contribution < -0.4 is 5.32 Å². The number of halogens is 1. The van der Waals surface area contributed by atoms with Gasteiger partial charge in [-0.1, -0.05) is 18.9 Å². The molecule has 1 aliphatic rings. The first-order valence-electron chi connectivity index (χ1n) is 8.87. The molecule has 3 aromatic rings. The fourth-order valence-corrected chi connectivity index (χ4v) is 3.70. The highest BCUT2D eigenvalue weighted by Crippen LogP contribution is 2.26. The van der Waals surface area contributed by atoms with Crippen molar-refractivity contribution in [1.82, 2.24) is 20.1 Å². The Morgan fingerprint density at radius 2 is 2.23 bits per heavy atom. The summed E-state index contributed by atoms with van der Waals surface area (Å²) in [6.45, 7) is 0.482. The highest BCUT2D eigenvalue weighted by Gasteiger charge is 2.27. The minimum atomic E-state index is -0.545. The lowest BCUT2D eigenvalue weighted by Crippen LogP contribution is -2.45. The van der Waals surface area contributed by atoms with E-state index in [1.165, 1.54) is 6.07 Å². The molecule has 2 heterocycles. The van der Waals surface area contributed by atoms with E-state index in [0.717, 1.165) is 24.8 Å². The van der Waals surface area contributed by atoms with Crippen LogP contribution in [-0.4, -0.2) is 37.9 Å². The summed E-state index contributed by atoms with van der Waals surface area (Å²) in [4.78, 5) is 12.8. The number of aliphatic hydroxyl groups excluding tert-OH is 1. The molecular formula is C19H21FN4O2. The Morgan fingerprint density at radius 1 is 1.38 bits per heavy atom. The zero-order valence-corrected chi connectivity index (χ0v) is 14.3. The van der Waals surface area contributed by atoms with E-state index in [9.17, 15) is 14.3 Å². The van der Waals surface area contributed by atoms with Gasteiger partial charge in [0.1, 0.15) is 5.82 Å². The van der Waals surface area contributed by atoms with Crippen molar-refractivity contribution in [2.45, 2.75) is 44.4 Å². The molecule has 0 saturated heterocycles. The summed E-state index contributed by atoms with van der Waals surface area (Å²) < 4.78 is 16.3. The summed E-state index contributed by atoms with van der Waals surface area (Å²) in [5.41, 5.74) is 1.88. The van der Waals surface area contributed by atoms with Gasteiger partial charge in [0.2, 0.25) is 0 Å². The third kappa shape index (κ3) is 3.10. The van der Waals surface area contributed by atoms with Crippen LogP contribution in [0.3, 0.4) is 0 Å². The second-order valence-electron chi connectivity index (χ2n) is 6.84. The Hall–Kier alpha value is -2.67. The van der Waals surface area contributed by atoms with E-state index in [-0.39, 0.29) is 11.9 Å². The van der Waals surface area contributed by atoms with Crippen LogP contribution in [0, 0.1) is 5.82 Å². The Kier molecular flexibility index (Phi) is 4.46. The number of nitrogens with zero attached hydrogens (tertiary/aromatic N) is 2. The molecule has 0 aliphatic heterocycles. The van der Waals surface area contributed by atoms with E-state index in [1.54, 1.807) is 30.7 Å². The van der Waals surface area contributed by atoms with Crippen molar-refractivity contribution in [2.75, 3.05) is 0 Å². The molecule has 0 spiro atoms. The number of carbonyl (C=O) groups excluding carboxylic acids is 1. The van der Waals surface area contributed by atoms with Crippen molar-refractivity contribution in [3.63, 3.8) is 0 Å². The number of H-pyrrole nitrogens is 1. The number of carbonyl (C=O) groups is 1. The van der Waals surface area contributed by atoms with Crippen LogP contribution in [0.2, 0.25) is 0 Å². The quantitative estimate of drug-likeness (QED) is 0.672. The van der Waals surface area contributed by atoms with Crippen molar-refractivity contribution in [1.29, 1.82) is 0 Å². The fraction of sp³-hybridized carbons (Fsp3) is 0.368. The maximum Gasteiger partial charge on any atom is 0.253 e. The van der Waals surface area contributed by atoms with Gasteiger partial charge in [-0.15, -0.1) is 0 Å². The number of hydrogen-bond donors (Lipinski definition) is 3. The average molecular weight is 356 g/mol. The second kappa shape index (κ2) is 6.92. The van der Waals surface area contributed by atoms with E-state index >= 15 is 0 Å². The van der Waals surface area contributed by atoms with Crippen molar-refractivity contribution in [2.24, 2.45) is 0 Å². The molecule has 26 heavy (non-hydrogen) atoms. The zero-order valence-electron chi connectivity index (χ0n) is 14.3. The molecule has 7 heteroatoms. The van der Waals surface area contributed by atoms with Gasteiger partial charge >= 0.3 is 0 Å². The van der Waals surface area contributed by atoms with Crippen LogP contribution in [0.25, 0.3) is 10.9 Å². The number of nitrogens with one attached hydrogen (secondary N) is 2. The lowest BCUT2D eigenvalue weighted by Gasteiger charge is -2.28. The zero-order chi connectivity index (χ0) is 18.1. The number of rotatable bonds is 4. The summed E-state index contributed by atoms with van der Waals surface area (Å²) in [6, 6.07) is 4.51. The molecule has 0 unspecified atom stereocenters. The van der Waals surface area contributed by atoms with Crippen LogP contribution in [0.4, 0.5) is 4.39 Å². The predicted molar refractivity (Wildman–Crippen MR) is 95.3 cm³/mol. The summed E-state index contributed by atoms with van der Waals surface area (Å²) >= 11 is 0. The largest absolute Gasteiger partial charge is 0.391 e. The van der Waals surface area contributed by atoms with Crippen LogP contribution in [0.5, 0.6) is 0 Å². The van der Waals surface area contributed by atoms with Gasteiger partial charge in [-0.2, -0.15) is 5.10 Å². The topological polar surface area (TPSA) is 82.9 Å². The maximum absolute atomic E-state index is 14.5. The number of hydrogen-bond acceptors (Lipinski definition) is 3. The van der Waals surface area contributed by atoms with Crippen molar-refractivity contribution in [3.05, 3.63) is 53.7 Å². The van der Waals surface area contributed by atoms with Crippen LogP contribution in [0.15, 0.2) is 36.8 Å². The smallest absolute Gasteiger partial charge is 0.253 e. The van der Waals surface area contributed by atoms with Gasteiger partial charge in [0.05, 0.1) is 36.0 Å². The molecule has 2 atom stereocenters. The molecule has 2 aromatic heterocycles. The molecule has 1 saturated carbocycles. The van der Waals surface area contributed by atoms with Gasteiger partial charge in [0.25, 0.3) is 5.91 Å². The maximum atomic E-state index is 14.5. The van der Waals surface area contributed by atoms with Crippen molar-refractivity contribution in [3.8, 4) is 0 Å². The van der Waals surface area contributed by atoms with E-state index < -0.39 is 11.9 Å². The van der Waals surface area contributed by atoms with Gasteiger partial charge in [-0.05, 0) is 25.0 Å². The number of aromatic nitrogens is 3. The van der Waals surface area contributed by atoms with Crippen molar-refractivity contribution < 1.29 is 14.3 Å². The van der Waals surface area contributed by atoms with Gasteiger partial charge in [0, 0.05) is 23.3 Å². The highest BCUT2D eigenvalue weighted by molar-refractivity contribution is 6.07. The first-order chi connectivity index (χ1) is 12.6. The molecule has 1 aliphatic carbocycles. The first-order valence-corrected chi connectivity index (χ1v) is 8.87. The Labute approximate surface area is 150 Å². The second-order valence-corrected chi connectivity index (χ2v) is 6.84. The first kappa shape index (κ1) is 16.8. The molecular weight excluding hydrogens is 335 g/mol. The third-order valence-electron chi connectivity index (χ3n) is 5.05. The third-order valence-corrected chi connectivity index (χ3v) is 5.05. The monoisotopic (exact) mass is 356 g/mol. The molecule has 0 bridgehead atoms. The average Bonchev–Trinajstić information content (AvgIpc) is 3.26. The molecule has 1 fully saturated rings. The Balaban J connectivity index is 1.68. The van der Waals surface area contributed by atoms with E-state index in [0.29, 0.717) is 29.4 Å². The Morgan fingerprint density at radius 3 is 3.00 bits per heavy atom. The minimum absolute atomic E-state index is 0.282. The SMILES string of the molecule is O=C(N[C@H]1CCCC[C@@H]1O)c1cn(Cc2cn[nH]c2)c2cccc(F)c12. The normalized spacial score (nSPS) is 20.4. The summed E-state index contributed by atoms with van der Waals surface area (Å²) in [7, 11) is 0. The minimum Gasteiger partial charge on any atom is -0.391 e. The van der Waals surface area contributed by atoms with Gasteiger partial charge in [0.15, 0.2) is 0 Å². The van der Waals surface area contributed by atoms with E-state index in [2.05, 4.69) is 15.5 Å². The number of fused-ring (bicyclic) bond motifs is 1. The van der Waals surface area contributed by atoms with Crippen LogP contribution >= 0.6 is 0 Å². The van der Waals surface area contributed by atoms with Gasteiger partial charge in [-0.3, -0.25) is 9.89 Å². The van der Waals surface area contributed by atoms with E-state index in [1.807, 2.05) is 4.57 Å². The molecule has 1 aromatic carbocycles. The standard InChI is InChI=1S/C19H21FN4O2/c20-14-4-3-6-16-18(14)13(11-24(16)10-12-8-21-22-9-12)19(26)23-15-5-1-2-7-17(15)25/h3-4,6,8-9,11,15,17,25H,1-2,5,7,10H2,(H,21,22)(H,23,26)/t15-,17-/m0/s1. The van der Waals surface area contributed by atoms with Gasteiger partial charge in [-0.25, -0.2) is 4.39 Å². The van der Waals surface area contributed by atoms with Crippen LogP contribution in [0.1, 0.15) is 41.6 Å². The number of aromatic amines is 1. The molecule has 1 amide bonds. The number of amides is 1. The Bertz CT molecular complexity index is 919. The number of aliphatic hydroxyl groups is 1. The summed E-state index contributed by atoms with van der Waals surface area (Å²) in [6.07, 6.45) is 7.95. The molecule has 3 N–H and O–H groups in total. The molecule has 6 nitrogen and oxygen atoms in total. The predicted octanol–water partition coefficient (Wildman–Crippen LogP) is 2.59. The van der Waals surface area contributed by atoms with Crippen molar-refractivity contribution >= 4 is 16.8 Å². The van der Waals surface area contributed by atoms with E-state index in [4.69, 9.17) is 0 Å². The van der Waals surface area contributed by atoms with Gasteiger partial charge < -0.3 is 15.0 Å². The summed E-state index contributed by atoms with van der Waals surface area (Å²) in [5.74, 6) is -0.778. The highest BCUT2D eigenvalue weighted by atomic mass is 19.1. The fourth-order valence-electron chi connectivity index (χ4n) is 3.70. The number of benzene rings is 1. The van der Waals surface area contributed by atoms with Crippen LogP contribution in [-0.2, 0) is 6.54 Å². The lowest BCUT2D eigenvalue weighted by atomic mass is 9.92.